The van der Waals surface area contributed by atoms with Crippen molar-refractivity contribution < 1.29 is 24.0 Å². The predicted octanol–water partition coefficient (Wildman–Crippen LogP) is 1.56. The molecule has 0 bridgehead atoms. The van der Waals surface area contributed by atoms with Gasteiger partial charge >= 0.3 is 5.97 Å². The fourth-order valence-electron chi connectivity index (χ4n) is 1.54. The summed E-state index contributed by atoms with van der Waals surface area (Å²) in [4.78, 5) is 31.7. The minimum atomic E-state index is -1.18. The number of rotatable bonds is 7. The maximum absolute atomic E-state index is 13.2. The number of non-ortho nitro benzene ring substituents is 1. The van der Waals surface area contributed by atoms with Gasteiger partial charge in [0.2, 0.25) is 5.91 Å². The number of halogens is 1. The molecule has 7 nitrogen and oxygen atoms in total. The molecule has 21 heavy (non-hydrogen) atoms. The summed E-state index contributed by atoms with van der Waals surface area (Å²) in [6, 6.07) is 2.13. The number of nitro groups is 1. The van der Waals surface area contributed by atoms with E-state index in [4.69, 9.17) is 5.11 Å². The first-order valence-corrected chi connectivity index (χ1v) is 6.96. The van der Waals surface area contributed by atoms with Gasteiger partial charge in [-0.25, -0.2) is 9.18 Å². The number of amides is 1. The van der Waals surface area contributed by atoms with Gasteiger partial charge in [0.1, 0.15) is 11.9 Å². The Morgan fingerprint density at radius 2 is 2.14 bits per heavy atom. The zero-order chi connectivity index (χ0) is 16.0. The van der Waals surface area contributed by atoms with Crippen molar-refractivity contribution in [1.29, 1.82) is 0 Å². The van der Waals surface area contributed by atoms with Gasteiger partial charge in [0.15, 0.2) is 0 Å². The molecular formula is C12H13FN2O5S. The molecule has 0 spiro atoms. The number of nitrogens with zero attached hydrogens (tertiary/aromatic N) is 1. The fraction of sp³-hybridized carbons (Fsp3) is 0.333. The lowest BCUT2D eigenvalue weighted by molar-refractivity contribution is -0.385. The standard InChI is InChI=1S/C12H13FN2O5S/c1-7(16)14-11(12(17)18)6-21-5-8-2-9(13)4-10(3-8)15(19)20/h2-4,11H,5-6H2,1H3,(H,14,16)(H,17,18). The lowest BCUT2D eigenvalue weighted by Gasteiger charge is -2.12. The van der Waals surface area contributed by atoms with Crippen molar-refractivity contribution in [1.82, 2.24) is 5.32 Å². The summed E-state index contributed by atoms with van der Waals surface area (Å²) in [6.07, 6.45) is 0. The lowest BCUT2D eigenvalue weighted by Crippen LogP contribution is -2.41. The second kappa shape index (κ2) is 7.58. The van der Waals surface area contributed by atoms with Crippen LogP contribution in [0.15, 0.2) is 18.2 Å². The van der Waals surface area contributed by atoms with Gasteiger partial charge in [-0.3, -0.25) is 14.9 Å². The van der Waals surface area contributed by atoms with Crippen molar-refractivity contribution in [3.8, 4) is 0 Å². The molecule has 0 radical (unpaired) electrons. The number of aliphatic carboxylic acids is 1. The van der Waals surface area contributed by atoms with Crippen molar-refractivity contribution in [3.63, 3.8) is 0 Å². The van der Waals surface area contributed by atoms with Crippen molar-refractivity contribution in [2.75, 3.05) is 5.75 Å². The molecule has 0 saturated heterocycles. The highest BCUT2D eigenvalue weighted by Gasteiger charge is 2.18. The van der Waals surface area contributed by atoms with Gasteiger partial charge in [0, 0.05) is 24.5 Å². The van der Waals surface area contributed by atoms with E-state index in [1.54, 1.807) is 0 Å². The zero-order valence-corrected chi connectivity index (χ0v) is 11.9. The van der Waals surface area contributed by atoms with Crippen LogP contribution in [0.4, 0.5) is 10.1 Å². The topological polar surface area (TPSA) is 110 Å². The second-order valence-electron chi connectivity index (χ2n) is 4.18. The number of carbonyl (C=O) groups excluding carboxylic acids is 1. The fourth-order valence-corrected chi connectivity index (χ4v) is 2.52. The highest BCUT2D eigenvalue weighted by Crippen LogP contribution is 2.20. The molecule has 1 amide bonds. The first kappa shape index (κ1) is 16.9. The second-order valence-corrected chi connectivity index (χ2v) is 5.21. The van der Waals surface area contributed by atoms with Crippen LogP contribution in [0.3, 0.4) is 0 Å². The molecule has 0 saturated carbocycles. The maximum atomic E-state index is 13.2. The molecular weight excluding hydrogens is 303 g/mol. The third kappa shape index (κ3) is 5.78. The quantitative estimate of drug-likeness (QED) is 0.583. The van der Waals surface area contributed by atoms with Gasteiger partial charge in [0.05, 0.1) is 11.0 Å². The largest absolute Gasteiger partial charge is 0.480 e. The van der Waals surface area contributed by atoms with Gasteiger partial charge in [-0.15, -0.1) is 0 Å². The molecule has 1 aromatic rings. The average Bonchev–Trinajstić information content (AvgIpc) is 2.36. The Hall–Kier alpha value is -2.16. The van der Waals surface area contributed by atoms with E-state index in [0.29, 0.717) is 5.56 Å². The molecule has 114 valence electrons. The summed E-state index contributed by atoms with van der Waals surface area (Å²) in [6.45, 7) is 1.20. The number of hydrogen-bond donors (Lipinski definition) is 2. The Balaban J connectivity index is 2.64. The van der Waals surface area contributed by atoms with Crippen LogP contribution in [-0.2, 0) is 15.3 Å². The molecule has 0 aliphatic rings. The Kier molecular flexibility index (Phi) is 6.10. The third-order valence-corrected chi connectivity index (χ3v) is 3.49. The molecule has 0 aromatic heterocycles. The first-order chi connectivity index (χ1) is 9.79. The zero-order valence-electron chi connectivity index (χ0n) is 11.0. The molecule has 0 aliphatic carbocycles. The van der Waals surface area contributed by atoms with E-state index in [1.165, 1.54) is 13.0 Å². The molecule has 0 heterocycles. The Bertz CT molecular complexity index is 567. The van der Waals surface area contributed by atoms with Crippen LogP contribution in [0, 0.1) is 15.9 Å². The summed E-state index contributed by atoms with van der Waals surface area (Å²) >= 11 is 1.13. The van der Waals surface area contributed by atoms with E-state index >= 15 is 0 Å². The van der Waals surface area contributed by atoms with E-state index in [1.807, 2.05) is 0 Å². The van der Waals surface area contributed by atoms with Crippen LogP contribution in [0.25, 0.3) is 0 Å². The van der Waals surface area contributed by atoms with E-state index in [-0.39, 0.29) is 17.2 Å². The average molecular weight is 316 g/mol. The number of carboxylic acids is 1. The minimum Gasteiger partial charge on any atom is -0.480 e. The summed E-state index contributed by atoms with van der Waals surface area (Å²) in [7, 11) is 0. The smallest absolute Gasteiger partial charge is 0.327 e. The molecule has 1 atom stereocenters. The van der Waals surface area contributed by atoms with Crippen molar-refractivity contribution in [3.05, 3.63) is 39.7 Å². The normalized spacial score (nSPS) is 11.7. The highest BCUT2D eigenvalue weighted by molar-refractivity contribution is 7.98. The highest BCUT2D eigenvalue weighted by atomic mass is 32.2. The number of nitro benzene ring substituents is 1. The summed E-state index contributed by atoms with van der Waals surface area (Å²) in [5.41, 5.74) is 0.0147. The lowest BCUT2D eigenvalue weighted by atomic mass is 10.2. The monoisotopic (exact) mass is 316 g/mol. The summed E-state index contributed by atoms with van der Waals surface area (Å²) in [5.74, 6) is -2.11. The van der Waals surface area contributed by atoms with Gasteiger partial charge in [-0.2, -0.15) is 11.8 Å². The Labute approximate surface area is 123 Å². The van der Waals surface area contributed by atoms with Crippen molar-refractivity contribution in [2.45, 2.75) is 18.7 Å². The SMILES string of the molecule is CC(=O)NC(CSCc1cc(F)cc([N+](=O)[O-])c1)C(=O)O. The van der Waals surface area contributed by atoms with Crippen molar-refractivity contribution >= 4 is 29.3 Å². The molecule has 1 aromatic carbocycles. The number of benzene rings is 1. The molecule has 9 heteroatoms. The Morgan fingerprint density at radius 1 is 1.48 bits per heavy atom. The van der Waals surface area contributed by atoms with Gasteiger partial charge < -0.3 is 10.4 Å². The molecule has 0 fully saturated rings. The third-order valence-electron chi connectivity index (χ3n) is 2.38. The van der Waals surface area contributed by atoms with E-state index in [2.05, 4.69) is 5.32 Å². The van der Waals surface area contributed by atoms with Gasteiger partial charge in [0.25, 0.3) is 5.69 Å². The van der Waals surface area contributed by atoms with Crippen LogP contribution in [0.2, 0.25) is 0 Å². The number of nitrogens with one attached hydrogen (secondary N) is 1. The summed E-state index contributed by atoms with van der Waals surface area (Å²) in [5, 5.41) is 21.8. The van der Waals surface area contributed by atoms with Crippen LogP contribution >= 0.6 is 11.8 Å². The molecule has 1 unspecified atom stereocenters. The van der Waals surface area contributed by atoms with E-state index < -0.39 is 28.7 Å². The van der Waals surface area contributed by atoms with Gasteiger partial charge in [-0.1, -0.05) is 0 Å². The molecule has 2 N–H and O–H groups in total. The van der Waals surface area contributed by atoms with E-state index in [0.717, 1.165) is 23.9 Å². The van der Waals surface area contributed by atoms with Crippen LogP contribution in [-0.4, -0.2) is 33.7 Å². The number of hydrogen-bond acceptors (Lipinski definition) is 5. The first-order valence-electron chi connectivity index (χ1n) is 5.81. The van der Waals surface area contributed by atoms with E-state index in [9.17, 15) is 24.1 Å². The number of carboxylic acid groups (broad SMARTS) is 1. The van der Waals surface area contributed by atoms with Crippen LogP contribution in [0.1, 0.15) is 12.5 Å². The number of carbonyl (C=O) groups is 2. The van der Waals surface area contributed by atoms with Crippen LogP contribution < -0.4 is 5.32 Å². The maximum Gasteiger partial charge on any atom is 0.327 e. The number of thioether (sulfide) groups is 1. The van der Waals surface area contributed by atoms with Crippen molar-refractivity contribution in [2.24, 2.45) is 0 Å². The van der Waals surface area contributed by atoms with Gasteiger partial charge in [-0.05, 0) is 11.6 Å². The molecule has 0 aliphatic heterocycles. The van der Waals surface area contributed by atoms with Crippen LogP contribution in [0.5, 0.6) is 0 Å². The molecule has 1 rings (SSSR count). The predicted molar refractivity (Wildman–Crippen MR) is 74.5 cm³/mol. The minimum absolute atomic E-state index is 0.0687. The Morgan fingerprint density at radius 3 is 2.67 bits per heavy atom. The summed E-state index contributed by atoms with van der Waals surface area (Å²) < 4.78 is 13.2.